The lowest BCUT2D eigenvalue weighted by Crippen LogP contribution is -2.31. The van der Waals surface area contributed by atoms with Crippen LogP contribution in [0.2, 0.25) is 0 Å². The van der Waals surface area contributed by atoms with Gasteiger partial charge >= 0.3 is 5.97 Å². The maximum atomic E-state index is 13.3. The largest absolute Gasteiger partial charge is 0.462 e. The van der Waals surface area contributed by atoms with Gasteiger partial charge in [0, 0.05) is 5.25 Å². The third-order valence-electron chi connectivity index (χ3n) is 4.53. The quantitative estimate of drug-likeness (QED) is 0.464. The van der Waals surface area contributed by atoms with Crippen LogP contribution in [0.15, 0.2) is 53.4 Å². The minimum absolute atomic E-state index is 0.146. The number of thioether (sulfide) groups is 1. The molecule has 0 aromatic heterocycles. The maximum Gasteiger partial charge on any atom is 0.338 e. The molecule has 5 nitrogen and oxygen atoms in total. The smallest absolute Gasteiger partial charge is 0.338 e. The van der Waals surface area contributed by atoms with E-state index < -0.39 is 5.97 Å². The third kappa shape index (κ3) is 4.49. The van der Waals surface area contributed by atoms with Crippen molar-refractivity contribution in [2.24, 2.45) is 0 Å². The molecule has 0 bridgehead atoms. The molecule has 0 atom stereocenters. The lowest BCUT2D eigenvalue weighted by molar-refractivity contribution is -0.119. The number of carbonyl (C=O) groups is 3. The average Bonchev–Trinajstić information content (AvgIpc) is 2.96. The minimum Gasteiger partial charge on any atom is -0.462 e. The second kappa shape index (κ2) is 9.30. The standard InChI is InChI=1S/C24H25NO4S/c1-5-14-29-24(28)18-10-12-19(13-11-18)25-22(26)20(17-8-6-16(4)7-9-17)21(23(25)27)30-15(2)3/h6-13,15H,5,14H2,1-4H3. The number of amides is 2. The number of imide groups is 1. The number of aryl methyl sites for hydroxylation is 1. The van der Waals surface area contributed by atoms with Crippen LogP contribution in [0.5, 0.6) is 0 Å². The molecule has 2 amide bonds. The molecule has 3 rings (SSSR count). The van der Waals surface area contributed by atoms with E-state index in [0.29, 0.717) is 28.3 Å². The summed E-state index contributed by atoms with van der Waals surface area (Å²) in [4.78, 5) is 40.1. The van der Waals surface area contributed by atoms with Crippen LogP contribution in [-0.4, -0.2) is 29.6 Å². The van der Waals surface area contributed by atoms with Crippen molar-refractivity contribution in [3.05, 3.63) is 70.1 Å². The van der Waals surface area contributed by atoms with Gasteiger partial charge in [0.2, 0.25) is 0 Å². The minimum atomic E-state index is -0.419. The van der Waals surface area contributed by atoms with Crippen LogP contribution < -0.4 is 4.90 Å². The predicted molar refractivity (Wildman–Crippen MR) is 120 cm³/mol. The van der Waals surface area contributed by atoms with Gasteiger partial charge < -0.3 is 4.74 Å². The summed E-state index contributed by atoms with van der Waals surface area (Å²) in [6, 6.07) is 14.0. The van der Waals surface area contributed by atoms with Crippen LogP contribution in [0.1, 0.15) is 48.7 Å². The summed E-state index contributed by atoms with van der Waals surface area (Å²) in [6.07, 6.45) is 0.740. The molecule has 0 fully saturated rings. The van der Waals surface area contributed by atoms with Crippen molar-refractivity contribution in [1.82, 2.24) is 0 Å². The molecule has 0 radical (unpaired) electrons. The van der Waals surface area contributed by atoms with E-state index in [-0.39, 0.29) is 17.1 Å². The fraction of sp³-hybridized carbons (Fsp3) is 0.292. The van der Waals surface area contributed by atoms with Crippen LogP contribution in [0.3, 0.4) is 0 Å². The summed E-state index contributed by atoms with van der Waals surface area (Å²) in [5, 5.41) is 0.146. The normalized spacial score (nSPS) is 14.1. The highest BCUT2D eigenvalue weighted by Crippen LogP contribution is 2.40. The molecular weight excluding hydrogens is 398 g/mol. The molecule has 2 aromatic rings. The Kier molecular flexibility index (Phi) is 6.77. The fourth-order valence-electron chi connectivity index (χ4n) is 3.09. The number of hydrogen-bond acceptors (Lipinski definition) is 5. The first-order valence-electron chi connectivity index (χ1n) is 9.97. The summed E-state index contributed by atoms with van der Waals surface area (Å²) in [6.45, 7) is 8.22. The van der Waals surface area contributed by atoms with Crippen LogP contribution in [0.25, 0.3) is 5.57 Å². The SMILES string of the molecule is CCCOC(=O)c1ccc(N2C(=O)C(SC(C)C)=C(c3ccc(C)cc3)C2=O)cc1. The van der Waals surface area contributed by atoms with Crippen molar-refractivity contribution in [1.29, 1.82) is 0 Å². The second-order valence-electron chi connectivity index (χ2n) is 7.37. The van der Waals surface area contributed by atoms with Crippen molar-refractivity contribution >= 4 is 40.8 Å². The van der Waals surface area contributed by atoms with Crippen LogP contribution in [-0.2, 0) is 14.3 Å². The van der Waals surface area contributed by atoms with E-state index >= 15 is 0 Å². The molecule has 1 aliphatic rings. The highest BCUT2D eigenvalue weighted by Gasteiger charge is 2.40. The van der Waals surface area contributed by atoms with Gasteiger partial charge in [-0.15, -0.1) is 11.8 Å². The van der Waals surface area contributed by atoms with E-state index in [1.54, 1.807) is 24.3 Å². The molecule has 0 saturated heterocycles. The Morgan fingerprint density at radius 3 is 2.20 bits per heavy atom. The Morgan fingerprint density at radius 1 is 1.00 bits per heavy atom. The fourth-order valence-corrected chi connectivity index (χ4v) is 4.08. The van der Waals surface area contributed by atoms with Crippen molar-refractivity contribution in [3.8, 4) is 0 Å². The highest BCUT2D eigenvalue weighted by atomic mass is 32.2. The van der Waals surface area contributed by atoms with E-state index in [2.05, 4.69) is 0 Å². The topological polar surface area (TPSA) is 63.7 Å². The van der Waals surface area contributed by atoms with E-state index in [4.69, 9.17) is 4.74 Å². The van der Waals surface area contributed by atoms with Gasteiger partial charge in [0.15, 0.2) is 0 Å². The summed E-state index contributed by atoms with van der Waals surface area (Å²) >= 11 is 1.39. The van der Waals surface area contributed by atoms with E-state index in [0.717, 1.165) is 17.5 Å². The van der Waals surface area contributed by atoms with Gasteiger partial charge in [-0.25, -0.2) is 9.69 Å². The zero-order valence-corrected chi connectivity index (χ0v) is 18.4. The number of nitrogens with zero attached hydrogens (tertiary/aromatic N) is 1. The lowest BCUT2D eigenvalue weighted by atomic mass is 10.0. The van der Waals surface area contributed by atoms with E-state index in [1.165, 1.54) is 16.7 Å². The van der Waals surface area contributed by atoms with Gasteiger partial charge in [0.05, 0.1) is 28.3 Å². The molecule has 0 aliphatic carbocycles. The Balaban J connectivity index is 1.94. The number of carbonyl (C=O) groups excluding carboxylic acids is 3. The molecule has 0 spiro atoms. The highest BCUT2D eigenvalue weighted by molar-refractivity contribution is 8.04. The first kappa shape index (κ1) is 21.8. The summed E-state index contributed by atoms with van der Waals surface area (Å²) in [5.74, 6) is -1.11. The number of ether oxygens (including phenoxy) is 1. The third-order valence-corrected chi connectivity index (χ3v) is 5.62. The van der Waals surface area contributed by atoms with Crippen molar-refractivity contribution < 1.29 is 19.1 Å². The molecule has 30 heavy (non-hydrogen) atoms. The summed E-state index contributed by atoms with van der Waals surface area (Å²) in [7, 11) is 0. The molecule has 0 saturated carbocycles. The van der Waals surface area contributed by atoms with Gasteiger partial charge in [-0.1, -0.05) is 50.6 Å². The van der Waals surface area contributed by atoms with Gasteiger partial charge in [0.25, 0.3) is 11.8 Å². The second-order valence-corrected chi connectivity index (χ2v) is 8.95. The van der Waals surface area contributed by atoms with Gasteiger partial charge in [-0.05, 0) is 43.2 Å². The zero-order chi connectivity index (χ0) is 21.8. The van der Waals surface area contributed by atoms with Crippen molar-refractivity contribution in [3.63, 3.8) is 0 Å². The first-order valence-corrected chi connectivity index (χ1v) is 10.9. The first-order chi connectivity index (χ1) is 14.3. The average molecular weight is 424 g/mol. The van der Waals surface area contributed by atoms with Crippen LogP contribution in [0, 0.1) is 6.92 Å². The molecule has 6 heteroatoms. The number of hydrogen-bond donors (Lipinski definition) is 0. The van der Waals surface area contributed by atoms with Crippen LogP contribution >= 0.6 is 11.8 Å². The molecule has 1 aliphatic heterocycles. The molecule has 0 unspecified atom stereocenters. The maximum absolute atomic E-state index is 13.3. The van der Waals surface area contributed by atoms with E-state index in [9.17, 15) is 14.4 Å². The zero-order valence-electron chi connectivity index (χ0n) is 17.6. The molecule has 0 N–H and O–H groups in total. The monoisotopic (exact) mass is 423 g/mol. The van der Waals surface area contributed by atoms with Crippen molar-refractivity contribution in [2.45, 2.75) is 39.4 Å². The lowest BCUT2D eigenvalue weighted by Gasteiger charge is -2.16. The molecule has 1 heterocycles. The number of esters is 1. The van der Waals surface area contributed by atoms with E-state index in [1.807, 2.05) is 52.0 Å². The molecule has 2 aromatic carbocycles. The number of rotatable bonds is 7. The molecule has 156 valence electrons. The predicted octanol–water partition coefficient (Wildman–Crippen LogP) is 4.99. The molecular formula is C24H25NO4S. The number of anilines is 1. The van der Waals surface area contributed by atoms with Crippen LogP contribution in [0.4, 0.5) is 5.69 Å². The van der Waals surface area contributed by atoms with Gasteiger partial charge in [-0.2, -0.15) is 0 Å². The Morgan fingerprint density at radius 2 is 1.63 bits per heavy atom. The van der Waals surface area contributed by atoms with Crippen molar-refractivity contribution in [2.75, 3.05) is 11.5 Å². The Hall–Kier alpha value is -2.86. The van der Waals surface area contributed by atoms with Gasteiger partial charge in [-0.3, -0.25) is 9.59 Å². The Bertz CT molecular complexity index is 991. The Labute approximate surface area is 181 Å². The van der Waals surface area contributed by atoms with Gasteiger partial charge in [0.1, 0.15) is 0 Å². The number of benzene rings is 2. The summed E-state index contributed by atoms with van der Waals surface area (Å²) < 4.78 is 5.13. The summed E-state index contributed by atoms with van der Waals surface area (Å²) in [5.41, 5.74) is 3.04.